The predicted molar refractivity (Wildman–Crippen MR) is 86.1 cm³/mol. The smallest absolute Gasteiger partial charge is 0.283 e. The molecule has 2 atom stereocenters. The summed E-state index contributed by atoms with van der Waals surface area (Å²) in [7, 11) is 0. The summed E-state index contributed by atoms with van der Waals surface area (Å²) in [6, 6.07) is 0.452. The molecule has 1 heterocycles. The van der Waals surface area contributed by atoms with Gasteiger partial charge in [0.1, 0.15) is 4.47 Å². The molecule has 0 radical (unpaired) electrons. The molecule has 1 fully saturated rings. The zero-order valence-corrected chi connectivity index (χ0v) is 13.9. The Morgan fingerprint density at radius 2 is 2.20 bits per heavy atom. The van der Waals surface area contributed by atoms with Gasteiger partial charge in [0.05, 0.1) is 11.9 Å². The molecule has 0 saturated heterocycles. The average molecular weight is 342 g/mol. The highest BCUT2D eigenvalue weighted by Crippen LogP contribution is 2.28. The number of aryl methyl sites for hydroxylation is 1. The Balaban J connectivity index is 2.12. The van der Waals surface area contributed by atoms with Crippen LogP contribution in [-0.4, -0.2) is 15.8 Å². The standard InChI is InChI=1S/C15H24BrN3O/c1-3-4-9-19-15(20)14(16)13(10-17-19)18-12-8-6-5-7-11(12)2/h10-12,18H,3-9H2,1-2H3. The number of halogens is 1. The molecule has 1 aromatic heterocycles. The first-order chi connectivity index (χ1) is 9.63. The minimum absolute atomic E-state index is 0.0353. The summed E-state index contributed by atoms with van der Waals surface area (Å²) in [5.74, 6) is 0.651. The van der Waals surface area contributed by atoms with Crippen molar-refractivity contribution in [1.82, 2.24) is 9.78 Å². The molecule has 4 nitrogen and oxygen atoms in total. The highest BCUT2D eigenvalue weighted by Gasteiger charge is 2.22. The molecule has 2 unspecified atom stereocenters. The summed E-state index contributed by atoms with van der Waals surface area (Å²) < 4.78 is 2.16. The molecule has 1 aliphatic rings. The van der Waals surface area contributed by atoms with Gasteiger partial charge in [-0.15, -0.1) is 0 Å². The third-order valence-electron chi connectivity index (χ3n) is 4.16. The maximum atomic E-state index is 12.2. The van der Waals surface area contributed by atoms with Crippen LogP contribution in [0.3, 0.4) is 0 Å². The lowest BCUT2D eigenvalue weighted by atomic mass is 9.86. The molecule has 5 heteroatoms. The zero-order valence-electron chi connectivity index (χ0n) is 12.4. The van der Waals surface area contributed by atoms with Crippen LogP contribution in [0.25, 0.3) is 0 Å². The first kappa shape index (κ1) is 15.5. The number of nitrogens with one attached hydrogen (secondary N) is 1. The van der Waals surface area contributed by atoms with Crippen molar-refractivity contribution in [3.05, 3.63) is 21.0 Å². The van der Waals surface area contributed by atoms with E-state index in [1.807, 2.05) is 0 Å². The molecular formula is C15H24BrN3O. The topological polar surface area (TPSA) is 46.9 Å². The van der Waals surface area contributed by atoms with Crippen LogP contribution >= 0.6 is 15.9 Å². The number of unbranched alkanes of at least 4 members (excludes halogenated alkanes) is 1. The molecule has 112 valence electrons. The molecule has 0 amide bonds. The van der Waals surface area contributed by atoms with Crippen molar-refractivity contribution in [2.24, 2.45) is 5.92 Å². The van der Waals surface area contributed by atoms with Gasteiger partial charge in [0.25, 0.3) is 5.56 Å². The third kappa shape index (κ3) is 3.62. The van der Waals surface area contributed by atoms with Gasteiger partial charge in [-0.05, 0) is 41.1 Å². The van der Waals surface area contributed by atoms with Crippen molar-refractivity contribution in [2.45, 2.75) is 65.0 Å². The maximum Gasteiger partial charge on any atom is 0.283 e. The van der Waals surface area contributed by atoms with Crippen molar-refractivity contribution in [1.29, 1.82) is 0 Å². The van der Waals surface area contributed by atoms with Crippen molar-refractivity contribution < 1.29 is 0 Å². The van der Waals surface area contributed by atoms with Crippen LogP contribution in [0, 0.1) is 5.92 Å². The Morgan fingerprint density at radius 3 is 2.90 bits per heavy atom. The van der Waals surface area contributed by atoms with E-state index in [-0.39, 0.29) is 5.56 Å². The Kier molecular flexibility index (Phi) is 5.64. The van der Waals surface area contributed by atoms with Gasteiger partial charge in [0, 0.05) is 12.6 Å². The van der Waals surface area contributed by atoms with Crippen LogP contribution in [0.1, 0.15) is 52.4 Å². The van der Waals surface area contributed by atoms with Crippen molar-refractivity contribution in [3.63, 3.8) is 0 Å². The van der Waals surface area contributed by atoms with Gasteiger partial charge >= 0.3 is 0 Å². The number of hydrogen-bond acceptors (Lipinski definition) is 3. The fourth-order valence-electron chi connectivity index (χ4n) is 2.76. The number of anilines is 1. The quantitative estimate of drug-likeness (QED) is 0.885. The predicted octanol–water partition coefficient (Wildman–Crippen LogP) is 3.80. The van der Waals surface area contributed by atoms with Crippen LogP contribution in [0.15, 0.2) is 15.5 Å². The minimum atomic E-state index is -0.0353. The number of hydrogen-bond donors (Lipinski definition) is 1. The Morgan fingerprint density at radius 1 is 1.45 bits per heavy atom. The van der Waals surface area contributed by atoms with Crippen LogP contribution in [0.2, 0.25) is 0 Å². The summed E-state index contributed by atoms with van der Waals surface area (Å²) in [6.07, 6.45) is 8.83. The van der Waals surface area contributed by atoms with Gasteiger partial charge in [-0.25, -0.2) is 4.68 Å². The first-order valence-electron chi connectivity index (χ1n) is 7.65. The van der Waals surface area contributed by atoms with Gasteiger partial charge in [-0.3, -0.25) is 4.79 Å². The Bertz CT molecular complexity index is 500. The molecule has 1 aromatic rings. The molecule has 1 aliphatic carbocycles. The summed E-state index contributed by atoms with van der Waals surface area (Å²) in [6.45, 7) is 5.08. The Hall–Kier alpha value is -0.840. The van der Waals surface area contributed by atoms with Crippen molar-refractivity contribution in [2.75, 3.05) is 5.32 Å². The van der Waals surface area contributed by atoms with Crippen LogP contribution in [-0.2, 0) is 6.54 Å². The lowest BCUT2D eigenvalue weighted by molar-refractivity contribution is 0.349. The van der Waals surface area contributed by atoms with E-state index >= 15 is 0 Å². The van der Waals surface area contributed by atoms with E-state index in [9.17, 15) is 4.79 Å². The van der Waals surface area contributed by atoms with Gasteiger partial charge in [-0.2, -0.15) is 5.10 Å². The second-order valence-electron chi connectivity index (χ2n) is 5.77. The summed E-state index contributed by atoms with van der Waals surface area (Å²) in [5, 5.41) is 7.78. The SMILES string of the molecule is CCCCn1ncc(NC2CCCCC2C)c(Br)c1=O. The van der Waals surface area contributed by atoms with Gasteiger partial charge in [0.15, 0.2) is 0 Å². The first-order valence-corrected chi connectivity index (χ1v) is 8.45. The second kappa shape index (κ2) is 7.25. The summed E-state index contributed by atoms with van der Waals surface area (Å²) in [5.41, 5.74) is 0.799. The lowest BCUT2D eigenvalue weighted by Crippen LogP contribution is -2.32. The number of aromatic nitrogens is 2. The second-order valence-corrected chi connectivity index (χ2v) is 6.56. The largest absolute Gasteiger partial charge is 0.380 e. The molecule has 0 aromatic carbocycles. The van der Waals surface area contributed by atoms with E-state index in [1.165, 1.54) is 25.7 Å². The number of rotatable bonds is 5. The van der Waals surface area contributed by atoms with Crippen molar-refractivity contribution in [3.8, 4) is 0 Å². The van der Waals surface area contributed by atoms with Gasteiger partial charge < -0.3 is 5.32 Å². The van der Waals surface area contributed by atoms with E-state index < -0.39 is 0 Å². The molecule has 1 N–H and O–H groups in total. The summed E-state index contributed by atoms with van der Waals surface area (Å²) >= 11 is 3.43. The number of nitrogens with zero attached hydrogens (tertiary/aromatic N) is 2. The van der Waals surface area contributed by atoms with E-state index in [1.54, 1.807) is 10.9 Å². The molecule has 0 aliphatic heterocycles. The van der Waals surface area contributed by atoms with Crippen molar-refractivity contribution >= 4 is 21.6 Å². The Labute approximate surface area is 129 Å². The van der Waals surface area contributed by atoms with E-state index in [2.05, 4.69) is 40.2 Å². The highest BCUT2D eigenvalue weighted by atomic mass is 79.9. The van der Waals surface area contributed by atoms with E-state index in [0.717, 1.165) is 18.5 Å². The molecule has 1 saturated carbocycles. The third-order valence-corrected chi connectivity index (χ3v) is 4.93. The van der Waals surface area contributed by atoms with Crippen LogP contribution in [0.4, 0.5) is 5.69 Å². The molecular weight excluding hydrogens is 318 g/mol. The summed E-state index contributed by atoms with van der Waals surface area (Å²) in [4.78, 5) is 12.2. The zero-order chi connectivity index (χ0) is 14.5. The van der Waals surface area contributed by atoms with E-state index in [0.29, 0.717) is 23.0 Å². The monoisotopic (exact) mass is 341 g/mol. The molecule has 20 heavy (non-hydrogen) atoms. The highest BCUT2D eigenvalue weighted by molar-refractivity contribution is 9.10. The minimum Gasteiger partial charge on any atom is -0.380 e. The normalized spacial score (nSPS) is 22.8. The van der Waals surface area contributed by atoms with Crippen LogP contribution in [0.5, 0.6) is 0 Å². The fraction of sp³-hybridized carbons (Fsp3) is 0.733. The maximum absolute atomic E-state index is 12.2. The van der Waals surface area contributed by atoms with Crippen LogP contribution < -0.4 is 10.9 Å². The fourth-order valence-corrected chi connectivity index (χ4v) is 3.18. The van der Waals surface area contributed by atoms with E-state index in [4.69, 9.17) is 0 Å². The molecule has 0 spiro atoms. The van der Waals surface area contributed by atoms with Gasteiger partial charge in [-0.1, -0.05) is 33.1 Å². The molecule has 2 rings (SSSR count). The molecule has 0 bridgehead atoms. The van der Waals surface area contributed by atoms with Gasteiger partial charge in [0.2, 0.25) is 0 Å². The average Bonchev–Trinajstić information content (AvgIpc) is 2.45. The lowest BCUT2D eigenvalue weighted by Gasteiger charge is -2.30.